The fourth-order valence-corrected chi connectivity index (χ4v) is 1.43. The van der Waals surface area contributed by atoms with Crippen LogP contribution >= 0.6 is 0 Å². The lowest BCUT2D eigenvalue weighted by molar-refractivity contribution is -0.144. The van der Waals surface area contributed by atoms with Crippen LogP contribution in [0.5, 0.6) is 0 Å². The molecule has 0 bridgehead atoms. The highest BCUT2D eigenvalue weighted by molar-refractivity contribution is 5.49. The van der Waals surface area contributed by atoms with Crippen LogP contribution in [0.1, 0.15) is 5.82 Å². The third-order valence-electron chi connectivity index (χ3n) is 2.29. The number of aromatic nitrogens is 2. The molecule has 0 aliphatic carbocycles. The van der Waals surface area contributed by atoms with Gasteiger partial charge in [0, 0.05) is 26.2 Å². The first-order chi connectivity index (χ1) is 8.92. The van der Waals surface area contributed by atoms with Crippen LogP contribution in [0.3, 0.4) is 0 Å². The van der Waals surface area contributed by atoms with Crippen molar-refractivity contribution in [3.63, 3.8) is 0 Å². The molecule has 1 heterocycles. The molecule has 9 heteroatoms. The Labute approximate surface area is 107 Å². The van der Waals surface area contributed by atoms with Gasteiger partial charge in [-0.25, -0.2) is 9.97 Å². The van der Waals surface area contributed by atoms with E-state index in [4.69, 9.17) is 10.2 Å². The molecule has 0 atom stereocenters. The zero-order chi connectivity index (χ0) is 14.5. The van der Waals surface area contributed by atoms with E-state index >= 15 is 0 Å². The highest BCUT2D eigenvalue weighted by atomic mass is 19.4. The summed E-state index contributed by atoms with van der Waals surface area (Å²) in [5.74, 6) is -1.26. The first kappa shape index (κ1) is 15.4. The quantitative estimate of drug-likeness (QED) is 0.696. The maximum Gasteiger partial charge on any atom is 0.451 e. The monoisotopic (exact) mass is 280 g/mol. The minimum Gasteiger partial charge on any atom is -0.395 e. The summed E-state index contributed by atoms with van der Waals surface area (Å²) in [4.78, 5) is 8.09. The molecule has 0 spiro atoms. The van der Waals surface area contributed by atoms with E-state index in [2.05, 4.69) is 15.3 Å². The van der Waals surface area contributed by atoms with Crippen molar-refractivity contribution in [1.82, 2.24) is 9.97 Å². The van der Waals surface area contributed by atoms with Crippen LogP contribution in [-0.2, 0) is 6.18 Å². The molecule has 0 radical (unpaired) electrons. The van der Waals surface area contributed by atoms with Crippen molar-refractivity contribution in [2.24, 2.45) is 0 Å². The second kappa shape index (κ2) is 6.53. The third-order valence-corrected chi connectivity index (χ3v) is 2.29. The standard InChI is InChI=1S/C10H15F3N4O2/c1-14-7-6-8(17(2-4-18)3-5-19)16-9(15-7)10(11,12)13/h6,18-19H,2-5H2,1H3,(H,14,15,16). The zero-order valence-corrected chi connectivity index (χ0v) is 10.3. The number of halogens is 3. The SMILES string of the molecule is CNc1cc(N(CCO)CCO)nc(C(F)(F)F)n1. The first-order valence-electron chi connectivity index (χ1n) is 5.53. The summed E-state index contributed by atoms with van der Waals surface area (Å²) in [6.45, 7) is -0.392. The Kier molecular flexibility index (Phi) is 5.31. The van der Waals surface area contributed by atoms with Crippen LogP contribution in [0, 0.1) is 0 Å². The molecular formula is C10H15F3N4O2. The van der Waals surface area contributed by atoms with Gasteiger partial charge in [-0.2, -0.15) is 13.2 Å². The van der Waals surface area contributed by atoms with Gasteiger partial charge >= 0.3 is 6.18 Å². The molecule has 1 rings (SSSR count). The van der Waals surface area contributed by atoms with Crippen molar-refractivity contribution in [3.8, 4) is 0 Å². The Morgan fingerprint density at radius 3 is 2.21 bits per heavy atom. The number of anilines is 2. The Morgan fingerprint density at radius 1 is 1.21 bits per heavy atom. The summed E-state index contributed by atoms with van der Waals surface area (Å²) < 4.78 is 37.9. The van der Waals surface area contributed by atoms with E-state index in [-0.39, 0.29) is 37.9 Å². The molecule has 0 fully saturated rings. The molecule has 1 aromatic rings. The molecule has 0 saturated heterocycles. The van der Waals surface area contributed by atoms with E-state index in [9.17, 15) is 13.2 Å². The average Bonchev–Trinajstić information content (AvgIpc) is 2.37. The Bertz CT molecular complexity index is 408. The van der Waals surface area contributed by atoms with Gasteiger partial charge in [0.2, 0.25) is 5.82 Å². The molecule has 0 aliphatic rings. The van der Waals surface area contributed by atoms with Crippen LogP contribution in [0.2, 0.25) is 0 Å². The van der Waals surface area contributed by atoms with Gasteiger partial charge in [-0.1, -0.05) is 0 Å². The maximum absolute atomic E-state index is 12.6. The molecule has 0 saturated carbocycles. The van der Waals surface area contributed by atoms with E-state index in [0.717, 1.165) is 0 Å². The fraction of sp³-hybridized carbons (Fsp3) is 0.600. The van der Waals surface area contributed by atoms with Crippen LogP contribution < -0.4 is 10.2 Å². The smallest absolute Gasteiger partial charge is 0.395 e. The first-order valence-corrected chi connectivity index (χ1v) is 5.53. The molecule has 0 aromatic carbocycles. The molecule has 19 heavy (non-hydrogen) atoms. The summed E-state index contributed by atoms with van der Waals surface area (Å²) in [6, 6.07) is 1.32. The fourth-order valence-electron chi connectivity index (χ4n) is 1.43. The van der Waals surface area contributed by atoms with Crippen molar-refractivity contribution < 1.29 is 23.4 Å². The van der Waals surface area contributed by atoms with Crippen molar-refractivity contribution in [1.29, 1.82) is 0 Å². The van der Waals surface area contributed by atoms with Gasteiger partial charge in [0.1, 0.15) is 11.6 Å². The summed E-state index contributed by atoms with van der Waals surface area (Å²) in [6.07, 6.45) is -4.66. The van der Waals surface area contributed by atoms with E-state index in [1.165, 1.54) is 18.0 Å². The summed E-state index contributed by atoms with van der Waals surface area (Å²) in [5.41, 5.74) is 0. The predicted octanol–water partition coefficient (Wildman–Crippen LogP) is 0.328. The third kappa shape index (κ3) is 4.21. The van der Waals surface area contributed by atoms with Crippen LogP contribution in [0.25, 0.3) is 0 Å². The number of alkyl halides is 3. The zero-order valence-electron chi connectivity index (χ0n) is 10.3. The van der Waals surface area contributed by atoms with Gasteiger partial charge in [-0.15, -0.1) is 0 Å². The van der Waals surface area contributed by atoms with Crippen molar-refractivity contribution in [3.05, 3.63) is 11.9 Å². The van der Waals surface area contributed by atoms with E-state index in [1.807, 2.05) is 0 Å². The highest BCUT2D eigenvalue weighted by Gasteiger charge is 2.35. The van der Waals surface area contributed by atoms with Gasteiger partial charge in [-0.05, 0) is 0 Å². The van der Waals surface area contributed by atoms with Gasteiger partial charge in [0.05, 0.1) is 13.2 Å². The number of aliphatic hydroxyl groups is 2. The van der Waals surface area contributed by atoms with Gasteiger partial charge in [-0.3, -0.25) is 0 Å². The number of nitrogens with zero attached hydrogens (tertiary/aromatic N) is 3. The largest absolute Gasteiger partial charge is 0.451 e. The van der Waals surface area contributed by atoms with Crippen molar-refractivity contribution in [2.45, 2.75) is 6.18 Å². The Morgan fingerprint density at radius 2 is 1.79 bits per heavy atom. The topological polar surface area (TPSA) is 81.5 Å². The molecule has 0 unspecified atom stereocenters. The van der Waals surface area contributed by atoms with E-state index in [0.29, 0.717) is 0 Å². The van der Waals surface area contributed by atoms with Crippen molar-refractivity contribution >= 4 is 11.6 Å². The average molecular weight is 280 g/mol. The number of nitrogens with one attached hydrogen (secondary N) is 1. The van der Waals surface area contributed by atoms with E-state index < -0.39 is 12.0 Å². The molecule has 108 valence electrons. The number of rotatable bonds is 6. The molecular weight excluding hydrogens is 265 g/mol. The molecule has 0 aliphatic heterocycles. The summed E-state index contributed by atoms with van der Waals surface area (Å²) >= 11 is 0. The molecule has 0 amide bonds. The highest BCUT2D eigenvalue weighted by Crippen LogP contribution is 2.29. The van der Waals surface area contributed by atoms with Gasteiger partial charge in [0.25, 0.3) is 0 Å². The lowest BCUT2D eigenvalue weighted by Gasteiger charge is -2.22. The Balaban J connectivity index is 3.17. The molecule has 6 nitrogen and oxygen atoms in total. The predicted molar refractivity (Wildman–Crippen MR) is 63.0 cm³/mol. The minimum atomic E-state index is -4.66. The number of hydrogen-bond acceptors (Lipinski definition) is 6. The van der Waals surface area contributed by atoms with Crippen molar-refractivity contribution in [2.75, 3.05) is 43.6 Å². The summed E-state index contributed by atoms with van der Waals surface area (Å²) in [7, 11) is 1.44. The second-order valence-electron chi connectivity index (χ2n) is 3.62. The second-order valence-corrected chi connectivity index (χ2v) is 3.62. The lowest BCUT2D eigenvalue weighted by Crippen LogP contribution is -2.31. The Hall–Kier alpha value is -1.61. The lowest BCUT2D eigenvalue weighted by atomic mass is 10.4. The van der Waals surface area contributed by atoms with Crippen LogP contribution in [0.4, 0.5) is 24.8 Å². The van der Waals surface area contributed by atoms with Crippen LogP contribution in [-0.4, -0.2) is 53.5 Å². The molecule has 1 aromatic heterocycles. The van der Waals surface area contributed by atoms with Crippen LogP contribution in [0.15, 0.2) is 6.07 Å². The minimum absolute atomic E-state index is 0.00484. The number of hydrogen-bond donors (Lipinski definition) is 3. The normalized spacial score (nSPS) is 11.5. The van der Waals surface area contributed by atoms with Gasteiger partial charge < -0.3 is 20.4 Å². The van der Waals surface area contributed by atoms with Gasteiger partial charge in [0.15, 0.2) is 0 Å². The van der Waals surface area contributed by atoms with E-state index in [1.54, 1.807) is 0 Å². The number of aliphatic hydroxyl groups excluding tert-OH is 2. The maximum atomic E-state index is 12.6. The molecule has 3 N–H and O–H groups in total. The summed E-state index contributed by atoms with van der Waals surface area (Å²) in [5, 5.41) is 20.3.